The highest BCUT2D eigenvalue weighted by atomic mass is 16.5. The van der Waals surface area contributed by atoms with Crippen LogP contribution in [0.25, 0.3) is 70.5 Å². The van der Waals surface area contributed by atoms with Crippen LogP contribution >= 0.6 is 0 Å². The Bertz CT molecular complexity index is 3400. The number of aromatic nitrogens is 2. The van der Waals surface area contributed by atoms with Crippen molar-refractivity contribution in [1.29, 1.82) is 0 Å². The SMILES string of the molecule is CCCCC(CC)CCCc1cc2nc3c4ccc5c6ccc7c8c(cc(OCC(CC)CCCC)c(c9c(OCC(CC)CCCC)cc(c(=O)n3c2cc1CCCC(CC)CCCC)c4c59)c86)C(=O)C(CCCC)C7=O. The zero-order valence-corrected chi connectivity index (χ0v) is 49.5. The summed E-state index contributed by atoms with van der Waals surface area (Å²) < 4.78 is 16.3. The number of benzene rings is 6. The van der Waals surface area contributed by atoms with Gasteiger partial charge in [-0.3, -0.25) is 18.8 Å². The van der Waals surface area contributed by atoms with Gasteiger partial charge in [0.05, 0.1) is 35.6 Å². The Morgan fingerprint density at radius 1 is 0.462 bits per heavy atom. The lowest BCUT2D eigenvalue weighted by molar-refractivity contribution is 0.0792. The van der Waals surface area contributed by atoms with Gasteiger partial charge in [0.1, 0.15) is 17.1 Å². The second-order valence-electron chi connectivity index (χ2n) is 24.1. The van der Waals surface area contributed by atoms with Gasteiger partial charge in [0.15, 0.2) is 11.6 Å². The summed E-state index contributed by atoms with van der Waals surface area (Å²) in [5, 5.41) is 8.61. The fourth-order valence-corrected chi connectivity index (χ4v) is 13.8. The first-order chi connectivity index (χ1) is 38.1. The standard InChI is InChI=1S/C71H94N2O5/c1-10-19-26-45(15-6)30-24-32-49-39-58-59(40-50(49)33-25-31-46(16-7)27-20-11-2)73-70(72-58)54-38-36-52-51-35-37-53-62-56(69(75)55(68(53)74)34-23-14-5)41-60(77-43-47(17-8)28-21-12-3)66(64(51)62)67-61(78-44-48(18-9)29-22-13-4)42-57(71(73)76)63(54)65(52)67/h35-42,45-48,55H,10-34,43-44H2,1-9H3. The van der Waals surface area contributed by atoms with Crippen LogP contribution < -0.4 is 15.0 Å². The molecule has 7 nitrogen and oxygen atoms in total. The Labute approximate surface area is 466 Å². The summed E-state index contributed by atoms with van der Waals surface area (Å²) in [7, 11) is 0. The van der Waals surface area contributed by atoms with Gasteiger partial charge in [0.25, 0.3) is 5.56 Å². The first-order valence-corrected chi connectivity index (χ1v) is 31.8. The predicted octanol–water partition coefficient (Wildman–Crippen LogP) is 19.9. The van der Waals surface area contributed by atoms with Crippen LogP contribution in [0.4, 0.5) is 0 Å². The molecule has 0 bridgehead atoms. The molecular weight excluding hydrogens is 961 g/mol. The largest absolute Gasteiger partial charge is 0.493 e. The predicted molar refractivity (Wildman–Crippen MR) is 331 cm³/mol. The Morgan fingerprint density at radius 3 is 1.49 bits per heavy atom. The molecule has 0 saturated carbocycles. The number of carbonyl (C=O) groups excluding carboxylic acids is 2. The van der Waals surface area contributed by atoms with E-state index in [0.717, 1.165) is 161 Å². The molecule has 6 aromatic carbocycles. The summed E-state index contributed by atoms with van der Waals surface area (Å²) >= 11 is 0. The van der Waals surface area contributed by atoms with Gasteiger partial charge in [0, 0.05) is 48.8 Å². The molecule has 2 aromatic heterocycles. The number of rotatable bonds is 33. The summed E-state index contributed by atoms with van der Waals surface area (Å²) in [6.07, 6.45) is 27.7. The maximum atomic E-state index is 15.9. The number of nitrogens with zero attached hydrogens (tertiary/aromatic N) is 2. The van der Waals surface area contributed by atoms with Crippen LogP contribution in [0.1, 0.15) is 242 Å². The number of pyridine rings is 1. The van der Waals surface area contributed by atoms with Crippen LogP contribution in [-0.2, 0) is 12.8 Å². The molecule has 8 aromatic rings. The first kappa shape index (κ1) is 57.4. The number of ether oxygens (including phenoxy) is 2. The summed E-state index contributed by atoms with van der Waals surface area (Å²) in [6.45, 7) is 21.4. The zero-order chi connectivity index (χ0) is 55.0. The van der Waals surface area contributed by atoms with Crippen LogP contribution in [0, 0.1) is 29.6 Å². The van der Waals surface area contributed by atoms with Crippen molar-refractivity contribution < 1.29 is 19.1 Å². The summed E-state index contributed by atoms with van der Waals surface area (Å²) in [4.78, 5) is 50.8. The average molecular weight is 1060 g/mol. The molecule has 7 heteroatoms. The van der Waals surface area contributed by atoms with Gasteiger partial charge in [-0.2, -0.15) is 0 Å². The van der Waals surface area contributed by atoms with Gasteiger partial charge < -0.3 is 9.47 Å². The van der Waals surface area contributed by atoms with E-state index in [0.29, 0.717) is 65.1 Å². The molecule has 0 radical (unpaired) electrons. The number of carbonyl (C=O) groups is 2. The summed E-state index contributed by atoms with van der Waals surface area (Å²) in [5.41, 5.74) is 6.29. The Morgan fingerprint density at radius 2 is 0.936 bits per heavy atom. The number of Topliss-reactive ketones (excluding diaryl/α,β-unsaturated/α-hetero) is 2. The van der Waals surface area contributed by atoms with E-state index < -0.39 is 5.92 Å². The Balaban J connectivity index is 1.31. The lowest BCUT2D eigenvalue weighted by Gasteiger charge is -2.28. The molecule has 2 heterocycles. The third-order valence-electron chi connectivity index (χ3n) is 18.9. The molecule has 0 saturated heterocycles. The van der Waals surface area contributed by atoms with Gasteiger partial charge in [0.2, 0.25) is 0 Å². The second kappa shape index (κ2) is 26.3. The van der Waals surface area contributed by atoms with Gasteiger partial charge in [-0.15, -0.1) is 0 Å². The molecule has 0 N–H and O–H groups in total. The summed E-state index contributed by atoms with van der Waals surface area (Å²) in [5.74, 6) is 2.57. The van der Waals surface area contributed by atoms with E-state index in [1.54, 1.807) is 0 Å². The fraction of sp³-hybridized carbons (Fsp3) is 0.577. The number of unbranched alkanes of at least 4 members (excludes halogenated alkanes) is 5. The minimum Gasteiger partial charge on any atom is -0.493 e. The molecule has 0 amide bonds. The van der Waals surface area contributed by atoms with E-state index in [2.05, 4.69) is 92.6 Å². The van der Waals surface area contributed by atoms with Crippen LogP contribution in [-0.4, -0.2) is 34.2 Å². The van der Waals surface area contributed by atoms with Gasteiger partial charge >= 0.3 is 0 Å². The second-order valence-corrected chi connectivity index (χ2v) is 24.1. The number of hydrogen-bond acceptors (Lipinski definition) is 6. The molecule has 0 fully saturated rings. The molecule has 0 spiro atoms. The van der Waals surface area contributed by atoms with E-state index in [9.17, 15) is 9.59 Å². The third-order valence-corrected chi connectivity index (χ3v) is 18.9. The number of ketones is 2. The van der Waals surface area contributed by atoms with Crippen molar-refractivity contribution in [3.05, 3.63) is 81.1 Å². The highest BCUT2D eigenvalue weighted by Crippen LogP contribution is 2.53. The smallest absolute Gasteiger partial charge is 0.264 e. The first-order valence-electron chi connectivity index (χ1n) is 31.8. The molecule has 9 rings (SSSR count). The van der Waals surface area contributed by atoms with Gasteiger partial charge in [-0.05, 0) is 121 Å². The highest BCUT2D eigenvalue weighted by molar-refractivity contribution is 6.43. The normalized spacial score (nSPS) is 15.6. The van der Waals surface area contributed by atoms with Crippen LogP contribution in [0.2, 0.25) is 0 Å². The molecule has 1 aliphatic rings. The summed E-state index contributed by atoms with van der Waals surface area (Å²) in [6, 6.07) is 17.1. The van der Waals surface area contributed by atoms with E-state index in [1.165, 1.54) is 75.3 Å². The molecule has 5 unspecified atom stereocenters. The molecule has 418 valence electrons. The van der Waals surface area contributed by atoms with E-state index in [4.69, 9.17) is 14.5 Å². The lowest BCUT2D eigenvalue weighted by Crippen LogP contribution is -2.29. The molecule has 0 aliphatic heterocycles. The van der Waals surface area contributed by atoms with E-state index >= 15 is 4.79 Å². The van der Waals surface area contributed by atoms with Crippen LogP contribution in [0.3, 0.4) is 0 Å². The van der Waals surface area contributed by atoms with Gasteiger partial charge in [-0.25, -0.2) is 4.98 Å². The highest BCUT2D eigenvalue weighted by Gasteiger charge is 2.38. The Kier molecular flexibility index (Phi) is 19.4. The number of imidazole rings is 1. The zero-order valence-electron chi connectivity index (χ0n) is 49.5. The molecule has 5 atom stereocenters. The van der Waals surface area contributed by atoms with Crippen molar-refractivity contribution in [2.75, 3.05) is 13.2 Å². The van der Waals surface area contributed by atoms with Crippen molar-refractivity contribution in [2.24, 2.45) is 29.6 Å². The van der Waals surface area contributed by atoms with Crippen LogP contribution in [0.15, 0.2) is 53.3 Å². The number of aryl methyl sites for hydroxylation is 2. The fourth-order valence-electron chi connectivity index (χ4n) is 13.8. The third kappa shape index (κ3) is 11.3. The van der Waals surface area contributed by atoms with Crippen molar-refractivity contribution in [3.63, 3.8) is 0 Å². The Hall–Kier alpha value is -5.30. The average Bonchev–Trinajstić information content (AvgIpc) is 2.45. The molecular formula is C71H94N2O5. The van der Waals surface area contributed by atoms with Crippen molar-refractivity contribution in [3.8, 4) is 11.5 Å². The topological polar surface area (TPSA) is 87.0 Å². The minimum absolute atomic E-state index is 0.0823. The molecule has 1 aliphatic carbocycles. The minimum atomic E-state index is -0.710. The van der Waals surface area contributed by atoms with Crippen molar-refractivity contribution in [2.45, 2.75) is 223 Å². The maximum absolute atomic E-state index is 15.9. The number of fused-ring (bicyclic) bond motifs is 6. The van der Waals surface area contributed by atoms with E-state index in [-0.39, 0.29) is 17.1 Å². The van der Waals surface area contributed by atoms with Crippen LogP contribution in [0.5, 0.6) is 11.5 Å². The van der Waals surface area contributed by atoms with Crippen molar-refractivity contribution >= 4 is 82.1 Å². The number of hydrogen-bond donors (Lipinski definition) is 0. The molecule has 78 heavy (non-hydrogen) atoms. The quantitative estimate of drug-likeness (QED) is 0.0231. The maximum Gasteiger partial charge on any atom is 0.264 e. The van der Waals surface area contributed by atoms with Crippen molar-refractivity contribution in [1.82, 2.24) is 9.38 Å². The van der Waals surface area contributed by atoms with Gasteiger partial charge in [-0.1, -0.05) is 196 Å². The monoisotopic (exact) mass is 1050 g/mol. The van der Waals surface area contributed by atoms with E-state index in [1.807, 2.05) is 22.6 Å². The lowest BCUT2D eigenvalue weighted by atomic mass is 9.75.